The van der Waals surface area contributed by atoms with Gasteiger partial charge in [0, 0.05) is 9.52 Å². The SMILES string of the molecule is C[Si]C1C=C(C)c2ccccc21. The molecule has 0 bridgehead atoms. The topological polar surface area (TPSA) is 0 Å². The lowest BCUT2D eigenvalue weighted by atomic mass is 10.1. The highest BCUT2D eigenvalue weighted by atomic mass is 28.2. The Kier molecular flexibility index (Phi) is 1.89. The van der Waals surface area contributed by atoms with Gasteiger partial charge in [-0.05, 0) is 29.2 Å². The van der Waals surface area contributed by atoms with Crippen molar-refractivity contribution in [2.75, 3.05) is 0 Å². The van der Waals surface area contributed by atoms with Gasteiger partial charge < -0.3 is 0 Å². The van der Waals surface area contributed by atoms with Crippen LogP contribution in [0.5, 0.6) is 0 Å². The van der Waals surface area contributed by atoms with Crippen LogP contribution in [0.15, 0.2) is 30.3 Å². The Balaban J connectivity index is 2.52. The van der Waals surface area contributed by atoms with Crippen molar-refractivity contribution in [1.29, 1.82) is 0 Å². The van der Waals surface area contributed by atoms with Crippen molar-refractivity contribution in [3.05, 3.63) is 41.5 Å². The number of benzene rings is 1. The van der Waals surface area contributed by atoms with Crippen molar-refractivity contribution in [1.82, 2.24) is 0 Å². The molecule has 60 valence electrons. The van der Waals surface area contributed by atoms with E-state index in [1.165, 1.54) is 16.7 Å². The zero-order valence-corrected chi connectivity index (χ0v) is 8.46. The molecule has 0 heterocycles. The summed E-state index contributed by atoms with van der Waals surface area (Å²) in [5, 5.41) is 0. The van der Waals surface area contributed by atoms with Gasteiger partial charge in [0.25, 0.3) is 0 Å². The largest absolute Gasteiger partial charge is 0.0767 e. The molecule has 1 aliphatic carbocycles. The second kappa shape index (κ2) is 2.90. The minimum absolute atomic E-state index is 0.696. The molecule has 0 fully saturated rings. The average Bonchev–Trinajstić information content (AvgIpc) is 2.44. The summed E-state index contributed by atoms with van der Waals surface area (Å²) in [7, 11) is 0.988. The van der Waals surface area contributed by atoms with Gasteiger partial charge in [-0.25, -0.2) is 0 Å². The Bertz CT molecular complexity index is 326. The van der Waals surface area contributed by atoms with Crippen LogP contribution in [-0.2, 0) is 0 Å². The number of allylic oxidation sites excluding steroid dienone is 2. The van der Waals surface area contributed by atoms with Gasteiger partial charge in [-0.2, -0.15) is 0 Å². The van der Waals surface area contributed by atoms with Crippen LogP contribution >= 0.6 is 0 Å². The van der Waals surface area contributed by atoms with Crippen molar-refractivity contribution in [2.45, 2.75) is 19.0 Å². The quantitative estimate of drug-likeness (QED) is 0.571. The maximum absolute atomic E-state index is 2.39. The maximum atomic E-state index is 2.39. The van der Waals surface area contributed by atoms with Gasteiger partial charge >= 0.3 is 0 Å². The van der Waals surface area contributed by atoms with Gasteiger partial charge in [-0.1, -0.05) is 36.9 Å². The molecule has 0 N–H and O–H groups in total. The molecule has 0 aliphatic heterocycles. The normalized spacial score (nSPS) is 20.5. The van der Waals surface area contributed by atoms with Gasteiger partial charge in [-0.15, -0.1) is 0 Å². The van der Waals surface area contributed by atoms with Crippen LogP contribution in [-0.4, -0.2) is 9.52 Å². The lowest BCUT2D eigenvalue weighted by Crippen LogP contribution is -1.98. The van der Waals surface area contributed by atoms with Gasteiger partial charge in [0.2, 0.25) is 0 Å². The van der Waals surface area contributed by atoms with Crippen molar-refractivity contribution >= 4 is 15.1 Å². The molecular formula is C11H12Si. The van der Waals surface area contributed by atoms with E-state index in [9.17, 15) is 0 Å². The molecule has 0 amide bonds. The second-order valence-corrected chi connectivity index (χ2v) is 4.40. The zero-order chi connectivity index (χ0) is 8.55. The third-order valence-electron chi connectivity index (χ3n) is 2.45. The van der Waals surface area contributed by atoms with E-state index < -0.39 is 0 Å². The fourth-order valence-corrected chi connectivity index (χ4v) is 2.78. The van der Waals surface area contributed by atoms with Gasteiger partial charge in [0.1, 0.15) is 0 Å². The van der Waals surface area contributed by atoms with E-state index in [-0.39, 0.29) is 0 Å². The first-order chi connectivity index (χ1) is 5.83. The Hall–Kier alpha value is -0.823. The molecule has 2 radical (unpaired) electrons. The van der Waals surface area contributed by atoms with E-state index in [2.05, 4.69) is 43.8 Å². The molecule has 0 spiro atoms. The summed E-state index contributed by atoms with van der Waals surface area (Å²) in [5.74, 6) is 0. The van der Waals surface area contributed by atoms with Crippen LogP contribution in [0.1, 0.15) is 23.6 Å². The first-order valence-corrected chi connectivity index (χ1v) is 5.85. The van der Waals surface area contributed by atoms with Crippen molar-refractivity contribution < 1.29 is 0 Å². The molecule has 1 aromatic rings. The van der Waals surface area contributed by atoms with E-state index >= 15 is 0 Å². The first-order valence-electron chi connectivity index (χ1n) is 4.28. The molecule has 1 aromatic carbocycles. The van der Waals surface area contributed by atoms with Crippen LogP contribution in [0.4, 0.5) is 0 Å². The summed E-state index contributed by atoms with van der Waals surface area (Å²) < 4.78 is 0. The minimum atomic E-state index is 0.696. The van der Waals surface area contributed by atoms with Gasteiger partial charge in [0.05, 0.1) is 0 Å². The summed E-state index contributed by atoms with van der Waals surface area (Å²) >= 11 is 0. The first kappa shape index (κ1) is 7.81. The Labute approximate surface area is 76.1 Å². The van der Waals surface area contributed by atoms with Crippen LogP contribution in [0.25, 0.3) is 5.57 Å². The van der Waals surface area contributed by atoms with Gasteiger partial charge in [-0.3, -0.25) is 0 Å². The Morgan fingerprint density at radius 2 is 2.00 bits per heavy atom. The standard InChI is InChI=1S/C11H12Si/c1-8-7-11(12-2)10-6-4-3-5-9(8)10/h3-7,11H,1-2H3. The lowest BCUT2D eigenvalue weighted by Gasteiger charge is -2.05. The number of hydrogen-bond acceptors (Lipinski definition) is 0. The summed E-state index contributed by atoms with van der Waals surface area (Å²) in [4.78, 5) is 0. The third kappa shape index (κ3) is 1.05. The van der Waals surface area contributed by atoms with E-state index in [1.54, 1.807) is 0 Å². The van der Waals surface area contributed by atoms with E-state index in [4.69, 9.17) is 0 Å². The van der Waals surface area contributed by atoms with Crippen LogP contribution < -0.4 is 0 Å². The number of hydrogen-bond donors (Lipinski definition) is 0. The number of fused-ring (bicyclic) bond motifs is 1. The summed E-state index contributed by atoms with van der Waals surface area (Å²) in [6, 6.07) is 8.74. The number of rotatable bonds is 1. The average molecular weight is 172 g/mol. The van der Waals surface area contributed by atoms with Crippen molar-refractivity contribution in [2.24, 2.45) is 0 Å². The summed E-state index contributed by atoms with van der Waals surface area (Å²) in [6.45, 7) is 4.48. The highest BCUT2D eigenvalue weighted by molar-refractivity contribution is 6.37. The highest BCUT2D eigenvalue weighted by Gasteiger charge is 2.18. The second-order valence-electron chi connectivity index (χ2n) is 3.20. The van der Waals surface area contributed by atoms with Crippen LogP contribution in [0.2, 0.25) is 6.55 Å². The van der Waals surface area contributed by atoms with E-state index in [0.717, 1.165) is 9.52 Å². The monoisotopic (exact) mass is 172 g/mol. The van der Waals surface area contributed by atoms with Crippen molar-refractivity contribution in [3.8, 4) is 0 Å². The predicted octanol–water partition coefficient (Wildman–Crippen LogP) is 2.90. The molecule has 0 saturated heterocycles. The molecule has 0 aromatic heterocycles. The molecule has 12 heavy (non-hydrogen) atoms. The Morgan fingerprint density at radius 3 is 2.75 bits per heavy atom. The molecule has 0 nitrogen and oxygen atoms in total. The molecule has 1 unspecified atom stereocenters. The molecular weight excluding hydrogens is 160 g/mol. The lowest BCUT2D eigenvalue weighted by molar-refractivity contribution is 1.23. The molecule has 2 rings (SSSR count). The Morgan fingerprint density at radius 1 is 1.25 bits per heavy atom. The van der Waals surface area contributed by atoms with Crippen molar-refractivity contribution in [3.63, 3.8) is 0 Å². The molecule has 0 saturated carbocycles. The smallest absolute Gasteiger partial charge is 0.0492 e. The zero-order valence-electron chi connectivity index (χ0n) is 7.46. The maximum Gasteiger partial charge on any atom is 0.0492 e. The van der Waals surface area contributed by atoms with E-state index in [1.807, 2.05) is 0 Å². The molecule has 1 aliphatic rings. The summed E-state index contributed by atoms with van der Waals surface area (Å²) in [5.41, 5.74) is 5.12. The van der Waals surface area contributed by atoms with Gasteiger partial charge in [0.15, 0.2) is 0 Å². The minimum Gasteiger partial charge on any atom is -0.0767 e. The fourth-order valence-electron chi connectivity index (χ4n) is 1.80. The highest BCUT2D eigenvalue weighted by Crippen LogP contribution is 2.34. The fraction of sp³-hybridized carbons (Fsp3) is 0.273. The molecule has 1 heteroatoms. The molecule has 1 atom stereocenters. The predicted molar refractivity (Wildman–Crippen MR) is 54.5 cm³/mol. The van der Waals surface area contributed by atoms with E-state index in [0.29, 0.717) is 5.54 Å². The summed E-state index contributed by atoms with van der Waals surface area (Å²) in [6.07, 6.45) is 2.39. The van der Waals surface area contributed by atoms with Crippen LogP contribution in [0, 0.1) is 0 Å². The third-order valence-corrected chi connectivity index (χ3v) is 3.55. The van der Waals surface area contributed by atoms with Crippen LogP contribution in [0.3, 0.4) is 0 Å².